The van der Waals surface area contributed by atoms with Crippen molar-refractivity contribution in [1.29, 1.82) is 0 Å². The fourth-order valence-corrected chi connectivity index (χ4v) is 1.94. The molecule has 2 rings (SSSR count). The van der Waals surface area contributed by atoms with Crippen molar-refractivity contribution in [3.05, 3.63) is 34.7 Å². The Morgan fingerprint density at radius 1 is 1.11 bits per heavy atom. The van der Waals surface area contributed by atoms with Crippen molar-refractivity contribution in [2.24, 2.45) is 14.1 Å². The number of fused-ring (bicyclic) bond motifs is 1. The Morgan fingerprint density at radius 3 is 2.17 bits per heavy atom. The van der Waals surface area contributed by atoms with E-state index in [-0.39, 0.29) is 0 Å². The molecule has 0 amide bonds. The Balaban J connectivity index is 0.000000280. The number of nitrogens with zero attached hydrogens (tertiary/aromatic N) is 2. The summed E-state index contributed by atoms with van der Waals surface area (Å²) in [5.41, 5.74) is 2.47. The van der Waals surface area contributed by atoms with Gasteiger partial charge in [-0.3, -0.25) is 0 Å². The van der Waals surface area contributed by atoms with Crippen LogP contribution in [0.2, 0.25) is 0 Å². The average molecular weight is 325 g/mol. The zero-order valence-electron chi connectivity index (χ0n) is 9.78. The van der Waals surface area contributed by atoms with Gasteiger partial charge in [-0.05, 0) is 0 Å². The minimum atomic E-state index is -6.00. The summed E-state index contributed by atoms with van der Waals surface area (Å²) in [7, 11) is -1.87. The first-order valence-corrected chi connectivity index (χ1v) is 5.88. The zero-order valence-corrected chi connectivity index (χ0v) is 11.5. The van der Waals surface area contributed by atoms with Gasteiger partial charge in [-0.2, -0.15) is 0 Å². The summed E-state index contributed by atoms with van der Waals surface area (Å²) in [6.45, 7) is 0. The smallest absolute Gasteiger partial charge is 0.418 e. The van der Waals surface area contributed by atoms with Crippen LogP contribution in [0.5, 0.6) is 0 Å². The zero-order chi connectivity index (χ0) is 13.9. The minimum absolute atomic E-state index is 1.14. The molecule has 0 N–H and O–H groups in total. The van der Waals surface area contributed by atoms with E-state index in [2.05, 4.69) is 63.1 Å². The van der Waals surface area contributed by atoms with Crippen LogP contribution in [0.4, 0.5) is 17.3 Å². The molecular weight excluding hydrogens is 314 g/mol. The van der Waals surface area contributed by atoms with Crippen molar-refractivity contribution in [2.75, 3.05) is 0 Å². The van der Waals surface area contributed by atoms with Gasteiger partial charge in [-0.25, -0.2) is 0 Å². The molecule has 0 aromatic heterocycles. The molecule has 18 heavy (non-hydrogen) atoms. The second kappa shape index (κ2) is 5.67. The van der Waals surface area contributed by atoms with Crippen molar-refractivity contribution in [3.63, 3.8) is 0 Å². The standard InChI is InChI=1S/C10H11N2Se.BF4/c1-11-8-6-4-3-5-7-9(8)12(2)10(11)13;2-1(3,4)5/h3-7H,1-2H3;/q+1;-1. The SMILES string of the molecule is Cn1c2cccccc-2[n+](C)c1=[Se].F[B-](F)(F)F. The monoisotopic (exact) mass is 326 g/mol. The molecule has 0 atom stereocenters. The molecule has 2 aliphatic rings. The minimum Gasteiger partial charge on any atom is -0.418 e. The largest absolute Gasteiger partial charge is 0.673 e. The van der Waals surface area contributed by atoms with E-state index in [9.17, 15) is 17.3 Å². The Kier molecular flexibility index (Phi) is 4.70. The Morgan fingerprint density at radius 2 is 1.61 bits per heavy atom. The normalized spacial score (nSPS) is 11.0. The van der Waals surface area contributed by atoms with Crippen LogP contribution in [-0.4, -0.2) is 27.4 Å². The third-order valence-electron chi connectivity index (χ3n) is 2.29. The van der Waals surface area contributed by atoms with Crippen molar-refractivity contribution < 1.29 is 21.8 Å². The van der Waals surface area contributed by atoms with Gasteiger partial charge < -0.3 is 17.3 Å². The number of hydrogen-bond donors (Lipinski definition) is 0. The van der Waals surface area contributed by atoms with E-state index in [0.29, 0.717) is 0 Å². The molecule has 0 bridgehead atoms. The van der Waals surface area contributed by atoms with Crippen LogP contribution in [0.15, 0.2) is 30.3 Å². The number of rotatable bonds is 0. The van der Waals surface area contributed by atoms with Gasteiger partial charge in [0, 0.05) is 0 Å². The van der Waals surface area contributed by atoms with Crippen LogP contribution in [-0.2, 0) is 14.1 Å². The molecule has 2 nitrogen and oxygen atoms in total. The van der Waals surface area contributed by atoms with E-state index >= 15 is 0 Å². The summed E-state index contributed by atoms with van der Waals surface area (Å²) in [6, 6.07) is 10.4. The predicted octanol–water partition coefficient (Wildman–Crippen LogP) is 1.95. The Hall–Kier alpha value is -1.14. The van der Waals surface area contributed by atoms with Gasteiger partial charge in [0.1, 0.15) is 0 Å². The van der Waals surface area contributed by atoms with E-state index in [1.807, 2.05) is 6.07 Å². The topological polar surface area (TPSA) is 8.81 Å². The summed E-state index contributed by atoms with van der Waals surface area (Å²) >= 11 is 3.06. The molecule has 8 heteroatoms. The third-order valence-corrected chi connectivity index (χ3v) is 3.44. The summed E-state index contributed by atoms with van der Waals surface area (Å²) < 4.78 is 44.4. The number of hydrogen-bond acceptors (Lipinski definition) is 0. The molecular formula is C10H11BF4N2Se. The van der Waals surface area contributed by atoms with E-state index in [1.54, 1.807) is 0 Å². The molecule has 1 aliphatic heterocycles. The first-order chi connectivity index (χ1) is 8.22. The molecule has 0 saturated heterocycles. The van der Waals surface area contributed by atoms with Crippen LogP contribution in [0.25, 0.3) is 11.4 Å². The fraction of sp³-hybridized carbons (Fsp3) is 0.200. The number of imidazole rings is 1. The summed E-state index contributed by atoms with van der Waals surface area (Å²) in [5.74, 6) is 0. The molecule has 0 aromatic rings. The van der Waals surface area contributed by atoms with E-state index < -0.39 is 7.25 Å². The Bertz CT molecular complexity index is 521. The van der Waals surface area contributed by atoms with Crippen molar-refractivity contribution in [1.82, 2.24) is 4.57 Å². The molecule has 0 unspecified atom stereocenters. The second-order valence-corrected chi connectivity index (χ2v) is 4.34. The third kappa shape index (κ3) is 3.96. The summed E-state index contributed by atoms with van der Waals surface area (Å²) in [4.78, 5) is 0. The molecule has 0 aromatic carbocycles. The van der Waals surface area contributed by atoms with E-state index in [0.717, 1.165) is 4.32 Å². The molecule has 0 fully saturated rings. The molecule has 1 aliphatic carbocycles. The quantitative estimate of drug-likeness (QED) is 0.398. The summed E-state index contributed by atoms with van der Waals surface area (Å²) in [5, 5.41) is 0. The summed E-state index contributed by atoms with van der Waals surface area (Å²) in [6.07, 6.45) is 0. The van der Waals surface area contributed by atoms with Gasteiger partial charge in [-0.1, -0.05) is 0 Å². The molecule has 0 saturated carbocycles. The maximum atomic E-state index is 9.75. The maximum absolute atomic E-state index is 9.75. The van der Waals surface area contributed by atoms with E-state index in [4.69, 9.17) is 0 Å². The van der Waals surface area contributed by atoms with Crippen LogP contribution in [0.1, 0.15) is 0 Å². The van der Waals surface area contributed by atoms with Crippen molar-refractivity contribution in [3.8, 4) is 11.4 Å². The Labute approximate surface area is 110 Å². The number of aromatic nitrogens is 2. The van der Waals surface area contributed by atoms with Crippen LogP contribution in [0.3, 0.4) is 0 Å². The van der Waals surface area contributed by atoms with Crippen LogP contribution in [0, 0.1) is 4.32 Å². The molecule has 0 radical (unpaired) electrons. The van der Waals surface area contributed by atoms with Gasteiger partial charge in [0.15, 0.2) is 0 Å². The second-order valence-electron chi connectivity index (χ2n) is 3.58. The maximum Gasteiger partial charge on any atom is 0.673 e. The number of halogens is 4. The van der Waals surface area contributed by atoms with Gasteiger partial charge >= 0.3 is 92.1 Å². The molecule has 1 heterocycles. The van der Waals surface area contributed by atoms with Crippen molar-refractivity contribution in [2.45, 2.75) is 0 Å². The molecule has 98 valence electrons. The van der Waals surface area contributed by atoms with Gasteiger partial charge in [-0.15, -0.1) is 0 Å². The van der Waals surface area contributed by atoms with Gasteiger partial charge in [0.05, 0.1) is 0 Å². The molecule has 0 spiro atoms. The fourth-order valence-electron chi connectivity index (χ4n) is 1.53. The first kappa shape index (κ1) is 14.9. The van der Waals surface area contributed by atoms with Crippen LogP contribution < -0.4 is 4.57 Å². The van der Waals surface area contributed by atoms with Gasteiger partial charge in [0.25, 0.3) is 0 Å². The average Bonchev–Trinajstić information content (AvgIpc) is 2.48. The van der Waals surface area contributed by atoms with Gasteiger partial charge in [0.2, 0.25) is 0 Å². The van der Waals surface area contributed by atoms with Crippen LogP contribution >= 0.6 is 0 Å². The van der Waals surface area contributed by atoms with Crippen molar-refractivity contribution >= 4 is 22.8 Å². The first-order valence-electron chi connectivity index (χ1n) is 5.03. The predicted molar refractivity (Wildman–Crippen MR) is 62.4 cm³/mol. The van der Waals surface area contributed by atoms with E-state index in [1.165, 1.54) is 11.4 Å².